The van der Waals surface area contributed by atoms with Crippen molar-refractivity contribution in [2.75, 3.05) is 0 Å². The summed E-state index contributed by atoms with van der Waals surface area (Å²) in [4.78, 5) is 0. The van der Waals surface area contributed by atoms with Crippen molar-refractivity contribution in [1.29, 1.82) is 0 Å². The Labute approximate surface area is 134 Å². The van der Waals surface area contributed by atoms with Gasteiger partial charge in [-0.2, -0.15) is 0 Å². The van der Waals surface area contributed by atoms with Crippen molar-refractivity contribution in [1.82, 2.24) is 0 Å². The third-order valence-corrected chi connectivity index (χ3v) is 3.81. The minimum absolute atomic E-state index is 0.822. The summed E-state index contributed by atoms with van der Waals surface area (Å²) >= 11 is 0. The molecule has 0 aromatic heterocycles. The maximum absolute atomic E-state index is 11.2. The van der Waals surface area contributed by atoms with Crippen LogP contribution < -0.4 is 0 Å². The average Bonchev–Trinajstić information content (AvgIpc) is 2.59. The zero-order valence-electron chi connectivity index (χ0n) is 13.3. The molecule has 2 rings (SSSR count). The molecule has 22 heavy (non-hydrogen) atoms. The van der Waals surface area contributed by atoms with Gasteiger partial charge in [-0.1, -0.05) is 98.7 Å². The van der Waals surface area contributed by atoms with E-state index in [2.05, 4.69) is 18.8 Å². The molecule has 1 nitrogen and oxygen atoms in total. The Morgan fingerprint density at radius 1 is 0.818 bits per heavy atom. The van der Waals surface area contributed by atoms with Crippen LogP contribution in [0.25, 0.3) is 0 Å². The Hall–Kier alpha value is -2.04. The SMILES string of the molecule is CCCCCCC#CC(O)(c1ccccc1)c1ccccc1. The fraction of sp³-hybridized carbons (Fsp3) is 0.333. The smallest absolute Gasteiger partial charge is 0.176 e. The highest BCUT2D eigenvalue weighted by Crippen LogP contribution is 2.28. The van der Waals surface area contributed by atoms with Gasteiger partial charge in [-0.15, -0.1) is 0 Å². The summed E-state index contributed by atoms with van der Waals surface area (Å²) < 4.78 is 0. The van der Waals surface area contributed by atoms with Crippen LogP contribution in [0.3, 0.4) is 0 Å². The van der Waals surface area contributed by atoms with Gasteiger partial charge in [-0.05, 0) is 6.42 Å². The fourth-order valence-electron chi connectivity index (χ4n) is 2.50. The first-order valence-corrected chi connectivity index (χ1v) is 8.11. The van der Waals surface area contributed by atoms with Crippen LogP contribution in [0.2, 0.25) is 0 Å². The van der Waals surface area contributed by atoms with Gasteiger partial charge in [-0.25, -0.2) is 0 Å². The molecule has 0 amide bonds. The molecule has 0 aliphatic rings. The molecule has 0 saturated heterocycles. The number of benzene rings is 2. The lowest BCUT2D eigenvalue weighted by atomic mass is 9.87. The summed E-state index contributed by atoms with van der Waals surface area (Å²) in [7, 11) is 0. The van der Waals surface area contributed by atoms with Crippen molar-refractivity contribution in [3.8, 4) is 11.8 Å². The van der Waals surface area contributed by atoms with Crippen molar-refractivity contribution in [2.45, 2.75) is 44.6 Å². The lowest BCUT2D eigenvalue weighted by molar-refractivity contribution is 0.145. The van der Waals surface area contributed by atoms with E-state index >= 15 is 0 Å². The summed E-state index contributed by atoms with van der Waals surface area (Å²) in [6.45, 7) is 2.20. The van der Waals surface area contributed by atoms with Crippen LogP contribution >= 0.6 is 0 Å². The quantitative estimate of drug-likeness (QED) is 0.593. The number of unbranched alkanes of at least 4 members (excludes halogenated alkanes) is 4. The van der Waals surface area contributed by atoms with E-state index < -0.39 is 5.60 Å². The second-order valence-corrected chi connectivity index (χ2v) is 5.55. The minimum Gasteiger partial charge on any atom is -0.369 e. The van der Waals surface area contributed by atoms with Crippen molar-refractivity contribution in [3.63, 3.8) is 0 Å². The van der Waals surface area contributed by atoms with E-state index in [1.54, 1.807) is 0 Å². The van der Waals surface area contributed by atoms with Crippen molar-refractivity contribution in [3.05, 3.63) is 71.8 Å². The standard InChI is InChI=1S/C21H24O/c1-2-3-4-5-6-13-18-21(22,19-14-9-7-10-15-19)20-16-11-8-12-17-20/h7-12,14-17,22H,2-6H2,1H3. The average molecular weight is 292 g/mol. The minimum atomic E-state index is -1.23. The van der Waals surface area contributed by atoms with Crippen LogP contribution in [0.15, 0.2) is 60.7 Å². The van der Waals surface area contributed by atoms with Crippen LogP contribution in [0, 0.1) is 11.8 Å². The molecule has 1 N–H and O–H groups in total. The molecule has 0 heterocycles. The van der Waals surface area contributed by atoms with Crippen molar-refractivity contribution < 1.29 is 5.11 Å². The third kappa shape index (κ3) is 4.23. The molecule has 0 atom stereocenters. The van der Waals surface area contributed by atoms with Crippen molar-refractivity contribution in [2.24, 2.45) is 0 Å². The predicted octanol–water partition coefficient (Wildman–Crippen LogP) is 4.90. The van der Waals surface area contributed by atoms with Gasteiger partial charge < -0.3 is 5.11 Å². The topological polar surface area (TPSA) is 20.2 Å². The third-order valence-electron chi connectivity index (χ3n) is 3.81. The summed E-state index contributed by atoms with van der Waals surface area (Å²) in [6.07, 6.45) is 5.62. The normalized spacial score (nSPS) is 10.8. The Bertz CT molecular complexity index is 565. The second kappa shape index (κ2) is 8.41. The Morgan fingerprint density at radius 2 is 1.36 bits per heavy atom. The van der Waals surface area contributed by atoms with Crippen LogP contribution in [0.1, 0.15) is 50.2 Å². The second-order valence-electron chi connectivity index (χ2n) is 5.55. The van der Waals surface area contributed by atoms with E-state index in [0.29, 0.717) is 0 Å². The maximum atomic E-state index is 11.2. The Kier molecular flexibility index (Phi) is 6.25. The van der Waals surface area contributed by atoms with Gasteiger partial charge in [0.2, 0.25) is 0 Å². The largest absolute Gasteiger partial charge is 0.369 e. The first-order valence-electron chi connectivity index (χ1n) is 8.11. The summed E-state index contributed by atoms with van der Waals surface area (Å²) in [5.74, 6) is 6.29. The van der Waals surface area contributed by atoms with Crippen LogP contribution in [0.4, 0.5) is 0 Å². The highest BCUT2D eigenvalue weighted by atomic mass is 16.3. The molecule has 0 bridgehead atoms. The highest BCUT2D eigenvalue weighted by Gasteiger charge is 2.28. The van der Waals surface area contributed by atoms with Gasteiger partial charge in [0.05, 0.1) is 0 Å². The number of rotatable bonds is 6. The zero-order chi connectivity index (χ0) is 15.7. The lowest BCUT2D eigenvalue weighted by Gasteiger charge is -2.23. The molecule has 0 fully saturated rings. The number of hydrogen-bond donors (Lipinski definition) is 1. The molecule has 0 radical (unpaired) electrons. The molecule has 0 spiro atoms. The lowest BCUT2D eigenvalue weighted by Crippen LogP contribution is -2.25. The summed E-state index contributed by atoms with van der Waals surface area (Å²) in [5.41, 5.74) is 0.414. The molecule has 0 aliphatic heterocycles. The molecule has 114 valence electrons. The maximum Gasteiger partial charge on any atom is 0.176 e. The van der Waals surface area contributed by atoms with E-state index in [9.17, 15) is 5.11 Å². The molecular formula is C21H24O. The van der Waals surface area contributed by atoms with E-state index in [-0.39, 0.29) is 0 Å². The van der Waals surface area contributed by atoms with Gasteiger partial charge in [0.25, 0.3) is 0 Å². The van der Waals surface area contributed by atoms with Crippen LogP contribution in [0.5, 0.6) is 0 Å². The van der Waals surface area contributed by atoms with Gasteiger partial charge in [0.15, 0.2) is 5.60 Å². The molecule has 0 aliphatic carbocycles. The summed E-state index contributed by atoms with van der Waals surface area (Å²) in [5, 5.41) is 11.2. The molecule has 0 saturated carbocycles. The van der Waals surface area contributed by atoms with Gasteiger partial charge in [0.1, 0.15) is 0 Å². The van der Waals surface area contributed by atoms with Crippen molar-refractivity contribution >= 4 is 0 Å². The predicted molar refractivity (Wildman–Crippen MR) is 92.4 cm³/mol. The van der Waals surface area contributed by atoms with E-state index in [1.165, 1.54) is 19.3 Å². The van der Waals surface area contributed by atoms with Gasteiger partial charge >= 0.3 is 0 Å². The number of hydrogen-bond acceptors (Lipinski definition) is 1. The molecule has 1 heteroatoms. The number of aliphatic hydroxyl groups is 1. The highest BCUT2D eigenvalue weighted by molar-refractivity contribution is 5.44. The first-order chi connectivity index (χ1) is 10.8. The molecule has 0 unspecified atom stereocenters. The molecule has 2 aromatic carbocycles. The first kappa shape index (κ1) is 16.3. The van der Waals surface area contributed by atoms with E-state index in [0.717, 1.165) is 24.0 Å². The van der Waals surface area contributed by atoms with E-state index in [4.69, 9.17) is 0 Å². The molecule has 2 aromatic rings. The fourth-order valence-corrected chi connectivity index (χ4v) is 2.50. The van der Waals surface area contributed by atoms with Gasteiger partial charge in [-0.3, -0.25) is 0 Å². The Morgan fingerprint density at radius 3 is 1.86 bits per heavy atom. The van der Waals surface area contributed by atoms with E-state index in [1.807, 2.05) is 60.7 Å². The zero-order valence-corrected chi connectivity index (χ0v) is 13.3. The van der Waals surface area contributed by atoms with Gasteiger partial charge in [0, 0.05) is 17.5 Å². The van der Waals surface area contributed by atoms with Crippen LogP contribution in [-0.2, 0) is 5.60 Å². The Balaban J connectivity index is 2.22. The van der Waals surface area contributed by atoms with Crippen LogP contribution in [-0.4, -0.2) is 5.11 Å². The summed E-state index contributed by atoms with van der Waals surface area (Å²) in [6, 6.07) is 19.4. The molecular weight excluding hydrogens is 268 g/mol. The monoisotopic (exact) mass is 292 g/mol.